The predicted octanol–water partition coefficient (Wildman–Crippen LogP) is 5.13. The van der Waals surface area contributed by atoms with E-state index in [1.807, 2.05) is 0 Å². The van der Waals surface area contributed by atoms with Gasteiger partial charge in [0.15, 0.2) is 0 Å². The van der Waals surface area contributed by atoms with Crippen molar-refractivity contribution in [1.29, 1.82) is 0 Å². The van der Waals surface area contributed by atoms with Crippen molar-refractivity contribution in [3.05, 3.63) is 51.5 Å². The fourth-order valence-corrected chi connectivity index (χ4v) is 1.91. The molecule has 104 valence electrons. The highest BCUT2D eigenvalue weighted by Crippen LogP contribution is 2.34. The summed E-state index contributed by atoms with van der Waals surface area (Å²) in [5.41, 5.74) is 0.375. The van der Waals surface area contributed by atoms with E-state index in [1.165, 1.54) is 19.1 Å². The first-order valence-corrected chi connectivity index (χ1v) is 5.88. The topological polar surface area (TPSA) is 42.3 Å². The lowest BCUT2D eigenvalue weighted by Gasteiger charge is -2.10. The standard InChI is InChI=1S/C13H8ClF3N2O/c1-7-4-9(13(15,16)17)6-18-12(7)8-2-3-10(14)11(5-8)19-20/h2-6H,1H3. The smallest absolute Gasteiger partial charge is 0.255 e. The summed E-state index contributed by atoms with van der Waals surface area (Å²) in [6.45, 7) is 1.51. The number of nitroso groups, excluding NO2 is 1. The van der Waals surface area contributed by atoms with Crippen LogP contribution in [-0.4, -0.2) is 4.98 Å². The molecule has 0 N–H and O–H groups in total. The van der Waals surface area contributed by atoms with Gasteiger partial charge in [0.2, 0.25) is 0 Å². The van der Waals surface area contributed by atoms with E-state index in [4.69, 9.17) is 11.6 Å². The lowest BCUT2D eigenvalue weighted by atomic mass is 10.0. The molecule has 0 atom stereocenters. The van der Waals surface area contributed by atoms with Crippen LogP contribution in [0.2, 0.25) is 5.02 Å². The Morgan fingerprint density at radius 2 is 1.95 bits per heavy atom. The Labute approximate surface area is 117 Å². The lowest BCUT2D eigenvalue weighted by molar-refractivity contribution is -0.137. The minimum Gasteiger partial charge on any atom is -0.255 e. The molecule has 1 aromatic heterocycles. The Balaban J connectivity index is 2.51. The maximum Gasteiger partial charge on any atom is 0.417 e. The van der Waals surface area contributed by atoms with E-state index in [9.17, 15) is 18.1 Å². The van der Waals surface area contributed by atoms with Gasteiger partial charge in [-0.15, -0.1) is 4.91 Å². The summed E-state index contributed by atoms with van der Waals surface area (Å²) in [6, 6.07) is 5.41. The Morgan fingerprint density at radius 1 is 1.25 bits per heavy atom. The van der Waals surface area contributed by atoms with Gasteiger partial charge in [0.05, 0.1) is 16.3 Å². The van der Waals surface area contributed by atoms with Crippen molar-refractivity contribution in [2.24, 2.45) is 5.18 Å². The van der Waals surface area contributed by atoms with Gasteiger partial charge in [-0.3, -0.25) is 4.98 Å². The Bertz CT molecular complexity index is 671. The number of aromatic nitrogens is 1. The number of pyridine rings is 1. The minimum absolute atomic E-state index is 0.0188. The van der Waals surface area contributed by atoms with Gasteiger partial charge >= 0.3 is 6.18 Å². The van der Waals surface area contributed by atoms with E-state index < -0.39 is 11.7 Å². The molecule has 7 heteroatoms. The molecule has 0 unspecified atom stereocenters. The molecule has 0 amide bonds. The van der Waals surface area contributed by atoms with Crippen LogP contribution in [0.15, 0.2) is 35.6 Å². The number of nitrogens with zero attached hydrogens (tertiary/aromatic N) is 2. The molecular weight excluding hydrogens is 293 g/mol. The third-order valence-corrected chi connectivity index (χ3v) is 3.04. The van der Waals surface area contributed by atoms with Gasteiger partial charge in [0.25, 0.3) is 0 Å². The van der Waals surface area contributed by atoms with Crippen molar-refractivity contribution in [3.8, 4) is 11.3 Å². The fraction of sp³-hybridized carbons (Fsp3) is 0.154. The summed E-state index contributed by atoms with van der Waals surface area (Å²) in [6.07, 6.45) is -3.68. The summed E-state index contributed by atoms with van der Waals surface area (Å²) in [5, 5.41) is 2.93. The van der Waals surface area contributed by atoms with Gasteiger partial charge in [-0.05, 0) is 35.9 Å². The third-order valence-electron chi connectivity index (χ3n) is 2.72. The average Bonchev–Trinajstić information content (AvgIpc) is 2.38. The van der Waals surface area contributed by atoms with E-state index in [2.05, 4.69) is 10.2 Å². The zero-order chi connectivity index (χ0) is 14.9. The van der Waals surface area contributed by atoms with Gasteiger partial charge in [0, 0.05) is 11.8 Å². The maximum atomic E-state index is 12.6. The lowest BCUT2D eigenvalue weighted by Crippen LogP contribution is -2.06. The zero-order valence-corrected chi connectivity index (χ0v) is 11.0. The first-order chi connectivity index (χ1) is 9.32. The monoisotopic (exact) mass is 300 g/mol. The second kappa shape index (κ2) is 5.20. The highest BCUT2D eigenvalue weighted by molar-refractivity contribution is 6.33. The van der Waals surface area contributed by atoms with Crippen LogP contribution in [0.5, 0.6) is 0 Å². The summed E-state index contributed by atoms with van der Waals surface area (Å²) < 4.78 is 37.7. The Kier molecular flexibility index (Phi) is 3.76. The normalized spacial score (nSPS) is 11.4. The molecule has 0 bridgehead atoms. The van der Waals surface area contributed by atoms with Crippen LogP contribution < -0.4 is 0 Å². The SMILES string of the molecule is Cc1cc(C(F)(F)F)cnc1-c1ccc(Cl)c(N=O)c1. The van der Waals surface area contributed by atoms with Gasteiger partial charge in [0.1, 0.15) is 5.69 Å². The van der Waals surface area contributed by atoms with Crippen LogP contribution in [-0.2, 0) is 6.18 Å². The minimum atomic E-state index is -4.44. The van der Waals surface area contributed by atoms with Crippen LogP contribution in [0.1, 0.15) is 11.1 Å². The molecule has 1 heterocycles. The number of rotatable bonds is 2. The van der Waals surface area contributed by atoms with E-state index >= 15 is 0 Å². The van der Waals surface area contributed by atoms with Gasteiger partial charge in [-0.2, -0.15) is 13.2 Å². The van der Waals surface area contributed by atoms with Gasteiger partial charge < -0.3 is 0 Å². The third kappa shape index (κ3) is 2.80. The second-order valence-electron chi connectivity index (χ2n) is 4.14. The number of alkyl halides is 3. The van der Waals surface area contributed by atoms with Crippen LogP contribution in [0, 0.1) is 11.8 Å². The first kappa shape index (κ1) is 14.5. The maximum absolute atomic E-state index is 12.6. The molecule has 0 saturated carbocycles. The van der Waals surface area contributed by atoms with Crippen LogP contribution in [0.3, 0.4) is 0 Å². The summed E-state index contributed by atoms with van der Waals surface area (Å²) >= 11 is 5.75. The largest absolute Gasteiger partial charge is 0.417 e. The van der Waals surface area contributed by atoms with E-state index in [0.717, 1.165) is 12.3 Å². The highest BCUT2D eigenvalue weighted by atomic mass is 35.5. The predicted molar refractivity (Wildman–Crippen MR) is 69.9 cm³/mol. The second-order valence-corrected chi connectivity index (χ2v) is 4.55. The molecule has 3 nitrogen and oxygen atoms in total. The van der Waals surface area contributed by atoms with Crippen molar-refractivity contribution < 1.29 is 13.2 Å². The average molecular weight is 301 g/mol. The van der Waals surface area contributed by atoms with Gasteiger partial charge in [-0.25, -0.2) is 0 Å². The molecule has 20 heavy (non-hydrogen) atoms. The molecule has 2 aromatic rings. The Morgan fingerprint density at radius 3 is 2.50 bits per heavy atom. The van der Waals surface area contributed by atoms with E-state index in [0.29, 0.717) is 16.8 Å². The number of benzene rings is 1. The summed E-state index contributed by atoms with van der Waals surface area (Å²) in [4.78, 5) is 14.4. The number of halogens is 4. The number of hydrogen-bond donors (Lipinski definition) is 0. The van der Waals surface area contributed by atoms with E-state index in [1.54, 1.807) is 6.07 Å². The van der Waals surface area contributed by atoms with Crippen LogP contribution >= 0.6 is 11.6 Å². The highest BCUT2D eigenvalue weighted by Gasteiger charge is 2.31. The van der Waals surface area contributed by atoms with Crippen molar-refractivity contribution in [2.45, 2.75) is 13.1 Å². The Hall–Kier alpha value is -1.95. The summed E-state index contributed by atoms with van der Waals surface area (Å²) in [7, 11) is 0. The molecule has 0 saturated heterocycles. The van der Waals surface area contributed by atoms with Crippen molar-refractivity contribution in [3.63, 3.8) is 0 Å². The fourth-order valence-electron chi connectivity index (χ4n) is 1.76. The first-order valence-electron chi connectivity index (χ1n) is 5.50. The molecule has 0 aliphatic carbocycles. The van der Waals surface area contributed by atoms with Crippen molar-refractivity contribution in [2.75, 3.05) is 0 Å². The van der Waals surface area contributed by atoms with Crippen molar-refractivity contribution >= 4 is 17.3 Å². The van der Waals surface area contributed by atoms with Crippen LogP contribution in [0.4, 0.5) is 18.9 Å². The number of aryl methyl sites for hydroxylation is 1. The van der Waals surface area contributed by atoms with Gasteiger partial charge in [-0.1, -0.05) is 17.7 Å². The van der Waals surface area contributed by atoms with E-state index in [-0.39, 0.29) is 10.7 Å². The van der Waals surface area contributed by atoms with Crippen LogP contribution in [0.25, 0.3) is 11.3 Å². The number of hydrogen-bond acceptors (Lipinski definition) is 3. The van der Waals surface area contributed by atoms with Crippen molar-refractivity contribution in [1.82, 2.24) is 4.98 Å². The molecule has 2 rings (SSSR count). The molecule has 1 aromatic carbocycles. The molecule has 0 aliphatic heterocycles. The quantitative estimate of drug-likeness (QED) is 0.722. The molecule has 0 fully saturated rings. The summed E-state index contributed by atoms with van der Waals surface area (Å²) in [5.74, 6) is 0. The molecule has 0 spiro atoms. The molecule has 0 aliphatic rings. The molecular formula is C13H8ClF3N2O. The zero-order valence-electron chi connectivity index (χ0n) is 10.2. The molecule has 0 radical (unpaired) electrons.